The summed E-state index contributed by atoms with van der Waals surface area (Å²) in [5, 5.41) is 0. The van der Waals surface area contributed by atoms with Gasteiger partial charge in [0.25, 0.3) is 0 Å². The third-order valence-corrected chi connectivity index (χ3v) is 11.9. The Hall–Kier alpha value is -3.41. The maximum Gasteiger partial charge on any atom is 0.306 e. The molecule has 0 saturated carbocycles. The van der Waals surface area contributed by atoms with Gasteiger partial charge in [-0.05, 0) is 89.9 Å². The molecule has 0 aromatic rings. The quantitative estimate of drug-likeness (QED) is 0.0262. The predicted molar refractivity (Wildman–Crippen MR) is 288 cm³/mol. The van der Waals surface area contributed by atoms with Crippen LogP contribution in [-0.4, -0.2) is 37.2 Å². The van der Waals surface area contributed by atoms with Crippen molar-refractivity contribution in [1.29, 1.82) is 0 Å². The smallest absolute Gasteiger partial charge is 0.306 e. The van der Waals surface area contributed by atoms with Crippen molar-refractivity contribution >= 4 is 17.9 Å². The molecule has 0 aliphatic heterocycles. The molecular weight excluding hydrogens is 829 g/mol. The largest absolute Gasteiger partial charge is 0.462 e. The molecule has 6 nitrogen and oxygen atoms in total. The van der Waals surface area contributed by atoms with Gasteiger partial charge in [0.05, 0.1) is 0 Å². The second-order valence-corrected chi connectivity index (χ2v) is 18.4. The van der Waals surface area contributed by atoms with Gasteiger partial charge >= 0.3 is 17.9 Å². The van der Waals surface area contributed by atoms with E-state index < -0.39 is 6.10 Å². The van der Waals surface area contributed by atoms with Crippen LogP contribution < -0.4 is 0 Å². The van der Waals surface area contributed by atoms with E-state index in [4.69, 9.17) is 14.2 Å². The van der Waals surface area contributed by atoms with Gasteiger partial charge in [0.15, 0.2) is 6.10 Å². The van der Waals surface area contributed by atoms with Crippen LogP contribution in [0.5, 0.6) is 0 Å². The van der Waals surface area contributed by atoms with Crippen molar-refractivity contribution < 1.29 is 28.6 Å². The van der Waals surface area contributed by atoms with Crippen LogP contribution in [0, 0.1) is 0 Å². The number of ether oxygens (including phenoxy) is 3. The average Bonchev–Trinajstić information content (AvgIpc) is 3.33. The third kappa shape index (κ3) is 53.4. The van der Waals surface area contributed by atoms with Crippen molar-refractivity contribution in [3.8, 4) is 0 Å². The number of hydrogen-bond acceptors (Lipinski definition) is 6. The van der Waals surface area contributed by atoms with E-state index in [9.17, 15) is 14.4 Å². The molecule has 0 heterocycles. The Morgan fingerprint density at radius 3 is 0.925 bits per heavy atom. The Kier molecular flexibility index (Phi) is 52.4. The molecule has 0 rings (SSSR count). The minimum Gasteiger partial charge on any atom is -0.462 e. The van der Waals surface area contributed by atoms with Gasteiger partial charge < -0.3 is 14.2 Å². The van der Waals surface area contributed by atoms with E-state index in [1.807, 2.05) is 0 Å². The van der Waals surface area contributed by atoms with Gasteiger partial charge in [-0.1, -0.05) is 241 Å². The van der Waals surface area contributed by atoms with Crippen molar-refractivity contribution in [3.63, 3.8) is 0 Å². The first-order valence-electron chi connectivity index (χ1n) is 28.1. The molecule has 1 unspecified atom stereocenters. The minimum atomic E-state index is -0.790. The van der Waals surface area contributed by atoms with Crippen LogP contribution in [0.3, 0.4) is 0 Å². The predicted octanol–water partition coefficient (Wildman–Crippen LogP) is 18.8. The van der Waals surface area contributed by atoms with E-state index in [-0.39, 0.29) is 31.1 Å². The molecule has 0 saturated heterocycles. The normalized spacial score (nSPS) is 12.7. The van der Waals surface area contributed by atoms with E-state index in [2.05, 4.69) is 106 Å². The number of allylic oxidation sites excluding steroid dienone is 14. The summed E-state index contributed by atoms with van der Waals surface area (Å²) in [7, 11) is 0. The van der Waals surface area contributed by atoms with Gasteiger partial charge in [-0.25, -0.2) is 0 Å². The number of carbonyl (C=O) groups excluding carboxylic acids is 3. The zero-order valence-corrected chi connectivity index (χ0v) is 43.9. The molecule has 384 valence electrons. The molecule has 0 fully saturated rings. The van der Waals surface area contributed by atoms with Crippen molar-refractivity contribution in [1.82, 2.24) is 0 Å². The van der Waals surface area contributed by atoms with E-state index >= 15 is 0 Å². The summed E-state index contributed by atoms with van der Waals surface area (Å²) < 4.78 is 16.8. The van der Waals surface area contributed by atoms with Gasteiger partial charge in [0, 0.05) is 19.3 Å². The minimum absolute atomic E-state index is 0.0887. The number of unbranched alkanes of at least 4 members (excludes halogenated alkanes) is 25. The summed E-state index contributed by atoms with van der Waals surface area (Å²) in [4.78, 5) is 38.1. The monoisotopic (exact) mass is 933 g/mol. The van der Waals surface area contributed by atoms with Crippen molar-refractivity contribution in [2.45, 2.75) is 271 Å². The summed E-state index contributed by atoms with van der Waals surface area (Å²) in [5.41, 5.74) is 0. The average molecular weight is 933 g/mol. The van der Waals surface area contributed by atoms with Gasteiger partial charge in [-0.2, -0.15) is 0 Å². The van der Waals surface area contributed by atoms with Crippen molar-refractivity contribution in [3.05, 3.63) is 85.1 Å². The van der Waals surface area contributed by atoms with Crippen molar-refractivity contribution in [2.75, 3.05) is 13.2 Å². The molecule has 0 N–H and O–H groups in total. The lowest BCUT2D eigenvalue weighted by atomic mass is 10.0. The summed E-state index contributed by atoms with van der Waals surface area (Å²) in [6.45, 7) is 6.39. The summed E-state index contributed by atoms with van der Waals surface area (Å²) in [6, 6.07) is 0. The first-order chi connectivity index (χ1) is 33.0. The highest BCUT2D eigenvalue weighted by molar-refractivity contribution is 5.71. The molecule has 0 aliphatic carbocycles. The molecule has 1 atom stereocenters. The highest BCUT2D eigenvalue weighted by atomic mass is 16.6. The zero-order chi connectivity index (χ0) is 48.6. The fraction of sp³-hybridized carbons (Fsp3) is 0.721. The maximum absolute atomic E-state index is 12.8. The maximum atomic E-state index is 12.8. The molecule has 0 radical (unpaired) electrons. The number of carbonyl (C=O) groups is 3. The van der Waals surface area contributed by atoms with Gasteiger partial charge in [-0.3, -0.25) is 14.4 Å². The van der Waals surface area contributed by atoms with Crippen LogP contribution in [0.1, 0.15) is 265 Å². The van der Waals surface area contributed by atoms with Gasteiger partial charge in [0.2, 0.25) is 0 Å². The topological polar surface area (TPSA) is 78.9 Å². The van der Waals surface area contributed by atoms with Crippen LogP contribution in [0.15, 0.2) is 85.1 Å². The molecule has 0 aromatic carbocycles. The first kappa shape index (κ1) is 63.6. The fourth-order valence-electron chi connectivity index (χ4n) is 7.74. The van der Waals surface area contributed by atoms with Crippen LogP contribution >= 0.6 is 0 Å². The van der Waals surface area contributed by atoms with Crippen LogP contribution in [0.25, 0.3) is 0 Å². The molecule has 0 bridgehead atoms. The molecule has 0 aliphatic rings. The highest BCUT2D eigenvalue weighted by Crippen LogP contribution is 2.16. The first-order valence-corrected chi connectivity index (χ1v) is 28.1. The molecule has 0 aromatic heterocycles. The Bertz CT molecular complexity index is 1300. The van der Waals surface area contributed by atoms with Crippen LogP contribution in [0.4, 0.5) is 0 Å². The Morgan fingerprint density at radius 2 is 0.582 bits per heavy atom. The summed E-state index contributed by atoms with van der Waals surface area (Å²) in [6.07, 6.45) is 71.4. The van der Waals surface area contributed by atoms with Gasteiger partial charge in [0.1, 0.15) is 13.2 Å². The second kappa shape index (κ2) is 55.2. The lowest BCUT2D eigenvalue weighted by Gasteiger charge is -2.18. The van der Waals surface area contributed by atoms with Crippen LogP contribution in [-0.2, 0) is 28.6 Å². The molecule has 0 spiro atoms. The molecule has 67 heavy (non-hydrogen) atoms. The SMILES string of the molecule is CC/C=C\C/C=C\C/C=C\C/C=C\CCCCCCCCCCC(=O)OCC(COC(=O)CCCCC/C=C\C/C=C\C/C=C\CC)OC(=O)CCCCCCCCCCCCCCCCC. The second-order valence-electron chi connectivity index (χ2n) is 18.4. The summed E-state index contributed by atoms with van der Waals surface area (Å²) in [5.74, 6) is -0.920. The number of rotatable bonds is 50. The summed E-state index contributed by atoms with van der Waals surface area (Å²) >= 11 is 0. The standard InChI is InChI=1S/C61H104O6/c1-4-7-10-13-16-19-22-25-27-28-29-30-31-32-34-36-39-42-45-48-51-54-60(63)66-57-58(56-65-59(62)53-50-47-44-41-38-35-24-21-18-15-12-9-6-3)67-61(64)55-52-49-46-43-40-37-33-26-23-20-17-14-11-8-5-2/h7,9-10,12,16,18-19,21,25,27,29-30,35,38,58H,4-6,8,11,13-15,17,20,22-24,26,28,31-34,36-37,39-57H2,1-3H3/b10-7-,12-9-,19-16-,21-18-,27-25-,30-29-,38-35-. The van der Waals surface area contributed by atoms with E-state index in [0.717, 1.165) is 116 Å². The lowest BCUT2D eigenvalue weighted by molar-refractivity contribution is -0.167. The van der Waals surface area contributed by atoms with E-state index in [0.29, 0.717) is 19.3 Å². The van der Waals surface area contributed by atoms with Crippen molar-refractivity contribution in [2.24, 2.45) is 0 Å². The highest BCUT2D eigenvalue weighted by Gasteiger charge is 2.19. The Balaban J connectivity index is 4.38. The number of esters is 3. The lowest BCUT2D eigenvalue weighted by Crippen LogP contribution is -2.30. The van der Waals surface area contributed by atoms with E-state index in [1.165, 1.54) is 109 Å². The molecular formula is C61H104O6. The molecule has 0 amide bonds. The third-order valence-electron chi connectivity index (χ3n) is 11.9. The number of hydrogen-bond donors (Lipinski definition) is 0. The van der Waals surface area contributed by atoms with Crippen LogP contribution in [0.2, 0.25) is 0 Å². The Labute approximate surface area is 414 Å². The zero-order valence-electron chi connectivity index (χ0n) is 43.9. The van der Waals surface area contributed by atoms with Gasteiger partial charge in [-0.15, -0.1) is 0 Å². The fourth-order valence-corrected chi connectivity index (χ4v) is 7.74. The Morgan fingerprint density at radius 1 is 0.313 bits per heavy atom. The van der Waals surface area contributed by atoms with E-state index in [1.54, 1.807) is 0 Å². The molecule has 6 heteroatoms.